The maximum atomic E-state index is 12.0. The minimum absolute atomic E-state index is 0.106. The van der Waals surface area contributed by atoms with Crippen LogP contribution in [0, 0.1) is 0 Å². The topological polar surface area (TPSA) is 115 Å². The molecule has 0 aliphatic heterocycles. The predicted molar refractivity (Wildman–Crippen MR) is 78.2 cm³/mol. The highest BCUT2D eigenvalue weighted by Gasteiger charge is 2.12. The van der Waals surface area contributed by atoms with Crippen LogP contribution < -0.4 is 0 Å². The van der Waals surface area contributed by atoms with Gasteiger partial charge in [0.2, 0.25) is 0 Å². The molecule has 4 N–H and O–H groups in total. The third-order valence-corrected chi connectivity index (χ3v) is 2.94. The van der Waals surface area contributed by atoms with Crippen molar-refractivity contribution in [2.24, 2.45) is 0 Å². The number of ketones is 1. The third kappa shape index (κ3) is 3.24. The molecule has 22 heavy (non-hydrogen) atoms. The SMILES string of the molecule is O=C(/C=C/c1ccc(O)c(O)c1)c1ccc(O)c(C(=O)O)c1. The second-order valence-electron chi connectivity index (χ2n) is 4.48. The molecule has 0 spiro atoms. The van der Waals surface area contributed by atoms with Gasteiger partial charge in [-0.2, -0.15) is 0 Å². The Morgan fingerprint density at radius 1 is 0.864 bits per heavy atom. The van der Waals surface area contributed by atoms with Crippen LogP contribution in [0.15, 0.2) is 42.5 Å². The van der Waals surface area contributed by atoms with Crippen LogP contribution in [0.1, 0.15) is 26.3 Å². The fourth-order valence-corrected chi connectivity index (χ4v) is 1.77. The molecule has 0 fully saturated rings. The summed E-state index contributed by atoms with van der Waals surface area (Å²) in [6.45, 7) is 0. The van der Waals surface area contributed by atoms with Crippen molar-refractivity contribution in [3.05, 3.63) is 59.2 Å². The second-order valence-corrected chi connectivity index (χ2v) is 4.48. The van der Waals surface area contributed by atoms with Gasteiger partial charge in [-0.05, 0) is 42.0 Å². The molecule has 6 heteroatoms. The van der Waals surface area contributed by atoms with Gasteiger partial charge in [0.1, 0.15) is 11.3 Å². The summed E-state index contributed by atoms with van der Waals surface area (Å²) in [5.74, 6) is -2.80. The van der Waals surface area contributed by atoms with E-state index in [1.54, 1.807) is 0 Å². The van der Waals surface area contributed by atoms with Crippen molar-refractivity contribution >= 4 is 17.8 Å². The second kappa shape index (κ2) is 6.01. The number of hydrogen-bond donors (Lipinski definition) is 4. The van der Waals surface area contributed by atoms with E-state index in [4.69, 9.17) is 5.11 Å². The van der Waals surface area contributed by atoms with Gasteiger partial charge in [-0.1, -0.05) is 12.1 Å². The van der Waals surface area contributed by atoms with Gasteiger partial charge in [0, 0.05) is 5.56 Å². The molecule has 0 bridgehead atoms. The Morgan fingerprint density at radius 3 is 2.18 bits per heavy atom. The summed E-state index contributed by atoms with van der Waals surface area (Å²) in [6.07, 6.45) is 2.61. The zero-order chi connectivity index (χ0) is 16.3. The number of hydrogen-bond acceptors (Lipinski definition) is 5. The predicted octanol–water partition coefficient (Wildman–Crippen LogP) is 2.40. The Morgan fingerprint density at radius 2 is 1.55 bits per heavy atom. The van der Waals surface area contributed by atoms with Crippen molar-refractivity contribution in [2.45, 2.75) is 0 Å². The van der Waals surface area contributed by atoms with E-state index in [2.05, 4.69) is 0 Å². The first kappa shape index (κ1) is 15.1. The van der Waals surface area contributed by atoms with Crippen molar-refractivity contribution in [3.63, 3.8) is 0 Å². The number of aromatic carboxylic acids is 1. The number of phenols is 3. The summed E-state index contributed by atoms with van der Waals surface area (Å²) in [5.41, 5.74) is 0.233. The van der Waals surface area contributed by atoms with Crippen LogP contribution in [-0.2, 0) is 0 Å². The smallest absolute Gasteiger partial charge is 0.339 e. The lowest BCUT2D eigenvalue weighted by atomic mass is 10.0. The standard InChI is InChI=1S/C16H12O6/c17-12(4-1-9-2-5-14(19)15(20)7-9)10-3-6-13(18)11(8-10)16(21)22/h1-8,18-20H,(H,21,22)/b4-1+. The van der Waals surface area contributed by atoms with E-state index in [0.29, 0.717) is 5.56 Å². The highest BCUT2D eigenvalue weighted by Crippen LogP contribution is 2.25. The molecule has 2 rings (SSSR count). The maximum Gasteiger partial charge on any atom is 0.339 e. The van der Waals surface area contributed by atoms with E-state index in [1.165, 1.54) is 36.4 Å². The van der Waals surface area contributed by atoms with Crippen molar-refractivity contribution in [1.82, 2.24) is 0 Å². The van der Waals surface area contributed by atoms with Crippen LogP contribution in [0.5, 0.6) is 17.2 Å². The molecule has 0 aromatic heterocycles. The normalized spacial score (nSPS) is 10.7. The Bertz CT molecular complexity index is 776. The summed E-state index contributed by atoms with van der Waals surface area (Å²) >= 11 is 0. The molecule has 112 valence electrons. The summed E-state index contributed by atoms with van der Waals surface area (Å²) in [7, 11) is 0. The van der Waals surface area contributed by atoms with Crippen molar-refractivity contribution in [2.75, 3.05) is 0 Å². The zero-order valence-corrected chi connectivity index (χ0v) is 11.2. The molecule has 2 aromatic carbocycles. The summed E-state index contributed by atoms with van der Waals surface area (Å²) in [6, 6.07) is 7.58. The summed E-state index contributed by atoms with van der Waals surface area (Å²) in [4.78, 5) is 22.9. The molecule has 0 atom stereocenters. The first-order valence-electron chi connectivity index (χ1n) is 6.19. The van der Waals surface area contributed by atoms with Crippen molar-refractivity contribution in [1.29, 1.82) is 0 Å². The van der Waals surface area contributed by atoms with Crippen LogP contribution in [0.25, 0.3) is 6.08 Å². The largest absolute Gasteiger partial charge is 0.507 e. The lowest BCUT2D eigenvalue weighted by Crippen LogP contribution is -2.01. The number of carbonyl (C=O) groups is 2. The quantitative estimate of drug-likeness (QED) is 0.391. The lowest BCUT2D eigenvalue weighted by Gasteiger charge is -2.02. The fourth-order valence-electron chi connectivity index (χ4n) is 1.77. The van der Waals surface area contributed by atoms with Gasteiger partial charge >= 0.3 is 5.97 Å². The van der Waals surface area contributed by atoms with Gasteiger partial charge in [0.25, 0.3) is 0 Å². The number of carboxylic acid groups (broad SMARTS) is 1. The first-order chi connectivity index (χ1) is 10.4. The first-order valence-corrected chi connectivity index (χ1v) is 6.19. The average Bonchev–Trinajstić information content (AvgIpc) is 2.48. The van der Waals surface area contributed by atoms with Gasteiger partial charge in [0.15, 0.2) is 17.3 Å². The van der Waals surface area contributed by atoms with Gasteiger partial charge in [-0.3, -0.25) is 4.79 Å². The van der Waals surface area contributed by atoms with Crippen LogP contribution in [0.2, 0.25) is 0 Å². The van der Waals surface area contributed by atoms with Gasteiger partial charge in [-0.15, -0.1) is 0 Å². The number of allylic oxidation sites excluding steroid dienone is 1. The van der Waals surface area contributed by atoms with E-state index in [9.17, 15) is 24.9 Å². The zero-order valence-electron chi connectivity index (χ0n) is 11.2. The summed E-state index contributed by atoms with van der Waals surface area (Å²) in [5, 5.41) is 36.8. The molecule has 0 heterocycles. The Balaban J connectivity index is 2.25. The molecular weight excluding hydrogens is 288 g/mol. The van der Waals surface area contributed by atoms with E-state index in [-0.39, 0.29) is 22.6 Å². The fraction of sp³-hybridized carbons (Fsp3) is 0. The molecule has 0 unspecified atom stereocenters. The molecular formula is C16H12O6. The highest BCUT2D eigenvalue weighted by molar-refractivity contribution is 6.08. The minimum atomic E-state index is -1.33. The average molecular weight is 300 g/mol. The van der Waals surface area contributed by atoms with Crippen LogP contribution in [0.4, 0.5) is 0 Å². The van der Waals surface area contributed by atoms with E-state index >= 15 is 0 Å². The van der Waals surface area contributed by atoms with Gasteiger partial charge in [-0.25, -0.2) is 4.79 Å². The van der Waals surface area contributed by atoms with Crippen LogP contribution in [-0.4, -0.2) is 32.2 Å². The molecule has 0 aliphatic rings. The van der Waals surface area contributed by atoms with Crippen molar-refractivity contribution in [3.8, 4) is 17.2 Å². The van der Waals surface area contributed by atoms with E-state index in [0.717, 1.165) is 12.1 Å². The summed E-state index contributed by atoms with van der Waals surface area (Å²) < 4.78 is 0. The molecule has 0 aliphatic carbocycles. The van der Waals surface area contributed by atoms with Gasteiger partial charge in [0.05, 0.1) is 0 Å². The number of rotatable bonds is 4. The number of benzene rings is 2. The minimum Gasteiger partial charge on any atom is -0.507 e. The van der Waals surface area contributed by atoms with Crippen LogP contribution >= 0.6 is 0 Å². The number of carbonyl (C=O) groups excluding carboxylic acids is 1. The maximum absolute atomic E-state index is 12.0. The molecule has 0 radical (unpaired) electrons. The molecule has 0 saturated carbocycles. The Hall–Kier alpha value is -3.28. The van der Waals surface area contributed by atoms with E-state index < -0.39 is 17.5 Å². The van der Waals surface area contributed by atoms with Gasteiger partial charge < -0.3 is 20.4 Å². The Labute approximate surface area is 125 Å². The third-order valence-electron chi connectivity index (χ3n) is 2.94. The number of carboxylic acids is 1. The molecule has 2 aromatic rings. The highest BCUT2D eigenvalue weighted by atomic mass is 16.4. The van der Waals surface area contributed by atoms with E-state index in [1.807, 2.05) is 0 Å². The number of phenolic OH excluding ortho intramolecular Hbond substituents is 2. The lowest BCUT2D eigenvalue weighted by molar-refractivity contribution is 0.0693. The monoisotopic (exact) mass is 300 g/mol. The Kier molecular flexibility index (Phi) is 4.13. The molecule has 0 amide bonds. The molecule has 0 saturated heterocycles. The number of aromatic hydroxyl groups is 3. The molecule has 6 nitrogen and oxygen atoms in total. The van der Waals surface area contributed by atoms with Crippen LogP contribution in [0.3, 0.4) is 0 Å². The van der Waals surface area contributed by atoms with Crippen molar-refractivity contribution < 1.29 is 30.0 Å².